The number of amides is 1. The number of nitrogens with one attached hydrogen (secondary N) is 2. The van der Waals surface area contributed by atoms with Gasteiger partial charge in [-0.1, -0.05) is 5.16 Å². The van der Waals surface area contributed by atoms with Gasteiger partial charge in [0.2, 0.25) is 5.95 Å². The van der Waals surface area contributed by atoms with Crippen molar-refractivity contribution in [1.29, 1.82) is 0 Å². The van der Waals surface area contributed by atoms with Crippen molar-refractivity contribution >= 4 is 23.1 Å². The maximum Gasteiger partial charge on any atom is 0.410 e. The molecule has 4 aromatic heterocycles. The van der Waals surface area contributed by atoms with Crippen LogP contribution < -0.4 is 5.32 Å². The number of anilines is 1. The van der Waals surface area contributed by atoms with E-state index in [2.05, 4.69) is 20.4 Å². The Balaban J connectivity index is 1.39. The molecule has 1 amide bonds. The molecule has 11 nitrogen and oxygen atoms in total. The number of aryl methyl sites for hydroxylation is 3. The number of pyridine rings is 1. The Kier molecular flexibility index (Phi) is 6.56. The Labute approximate surface area is 220 Å². The fourth-order valence-corrected chi connectivity index (χ4v) is 4.81. The maximum absolute atomic E-state index is 12.6. The first-order chi connectivity index (χ1) is 18.0. The second-order valence-corrected chi connectivity index (χ2v) is 10.8. The smallest absolute Gasteiger partial charge is 0.410 e. The summed E-state index contributed by atoms with van der Waals surface area (Å²) in [5.74, 6) is 1.14. The third-order valence-corrected chi connectivity index (χ3v) is 6.47. The molecule has 200 valence electrons. The highest BCUT2D eigenvalue weighted by atomic mass is 16.6. The van der Waals surface area contributed by atoms with E-state index in [0.717, 1.165) is 50.6 Å². The number of hydrogen-bond acceptors (Lipinski definition) is 9. The zero-order chi connectivity index (χ0) is 27.2. The normalized spacial score (nSPS) is 18.1. The van der Waals surface area contributed by atoms with Gasteiger partial charge in [-0.15, -0.1) is 0 Å². The van der Waals surface area contributed by atoms with Crippen LogP contribution in [0.25, 0.3) is 33.5 Å². The molecule has 0 bridgehead atoms. The minimum Gasteiger partial charge on any atom is -0.444 e. The molecule has 0 aromatic carbocycles. The zero-order valence-electron chi connectivity index (χ0n) is 22.5. The number of aliphatic hydroxyl groups excluding tert-OH is 1. The first kappa shape index (κ1) is 25.7. The molecule has 0 spiro atoms. The predicted molar refractivity (Wildman–Crippen MR) is 143 cm³/mol. The van der Waals surface area contributed by atoms with Crippen LogP contribution in [0.4, 0.5) is 10.7 Å². The average Bonchev–Trinajstić information content (AvgIpc) is 3.40. The lowest BCUT2D eigenvalue weighted by molar-refractivity contribution is 0.00176. The summed E-state index contributed by atoms with van der Waals surface area (Å²) in [6.07, 6.45) is 3.00. The van der Waals surface area contributed by atoms with Gasteiger partial charge < -0.3 is 29.6 Å². The Morgan fingerprint density at radius 1 is 1.21 bits per heavy atom. The van der Waals surface area contributed by atoms with Crippen molar-refractivity contribution < 1.29 is 19.2 Å². The molecule has 0 aliphatic carbocycles. The third kappa shape index (κ3) is 5.19. The summed E-state index contributed by atoms with van der Waals surface area (Å²) in [5, 5.41) is 18.7. The number of aliphatic hydroxyl groups is 1. The quantitative estimate of drug-likeness (QED) is 0.358. The molecular formula is C27H33N7O4. The predicted octanol–water partition coefficient (Wildman–Crippen LogP) is 4.38. The van der Waals surface area contributed by atoms with Gasteiger partial charge in [0, 0.05) is 35.9 Å². The van der Waals surface area contributed by atoms with Gasteiger partial charge in [0.25, 0.3) is 0 Å². The second-order valence-electron chi connectivity index (χ2n) is 10.8. The molecule has 1 saturated heterocycles. The van der Waals surface area contributed by atoms with Crippen LogP contribution in [0.2, 0.25) is 0 Å². The summed E-state index contributed by atoms with van der Waals surface area (Å²) < 4.78 is 10.8. The Morgan fingerprint density at radius 2 is 2.00 bits per heavy atom. The summed E-state index contributed by atoms with van der Waals surface area (Å²) in [6, 6.07) is 3.74. The van der Waals surface area contributed by atoms with Crippen molar-refractivity contribution in [1.82, 2.24) is 30.0 Å². The van der Waals surface area contributed by atoms with Gasteiger partial charge in [0.1, 0.15) is 17.0 Å². The van der Waals surface area contributed by atoms with Crippen molar-refractivity contribution in [2.45, 2.75) is 65.7 Å². The van der Waals surface area contributed by atoms with Gasteiger partial charge in [0.15, 0.2) is 0 Å². The molecule has 5 heterocycles. The third-order valence-electron chi connectivity index (χ3n) is 6.47. The molecule has 5 rings (SSSR count). The summed E-state index contributed by atoms with van der Waals surface area (Å²) >= 11 is 0. The number of ether oxygens (including phenoxy) is 1. The maximum atomic E-state index is 12.6. The van der Waals surface area contributed by atoms with E-state index in [9.17, 15) is 9.90 Å². The van der Waals surface area contributed by atoms with E-state index in [-0.39, 0.29) is 12.6 Å². The van der Waals surface area contributed by atoms with Crippen molar-refractivity contribution in [2.75, 3.05) is 18.4 Å². The molecule has 4 aromatic rings. The van der Waals surface area contributed by atoms with Crippen LogP contribution in [0.3, 0.4) is 0 Å². The lowest BCUT2D eigenvalue weighted by Gasteiger charge is -2.36. The highest BCUT2D eigenvalue weighted by Gasteiger charge is 2.32. The highest BCUT2D eigenvalue weighted by molar-refractivity contribution is 5.94. The van der Waals surface area contributed by atoms with E-state index in [1.807, 2.05) is 59.9 Å². The number of carbonyl (C=O) groups excluding carboxylic acids is 1. The molecule has 2 atom stereocenters. The van der Waals surface area contributed by atoms with E-state index in [1.165, 1.54) is 4.90 Å². The minimum atomic E-state index is -0.676. The summed E-state index contributed by atoms with van der Waals surface area (Å²) in [4.78, 5) is 31.4. The molecule has 0 radical (unpaired) electrons. The molecule has 1 aliphatic rings. The number of likely N-dealkylation sites (tertiary alicyclic amines) is 1. The van der Waals surface area contributed by atoms with Crippen LogP contribution in [-0.4, -0.2) is 72.0 Å². The number of hydrogen-bond donors (Lipinski definition) is 3. The Hall–Kier alpha value is -3.99. The van der Waals surface area contributed by atoms with E-state index < -0.39 is 17.8 Å². The van der Waals surface area contributed by atoms with Gasteiger partial charge in [-0.05, 0) is 65.7 Å². The molecule has 0 unspecified atom stereocenters. The molecular weight excluding hydrogens is 486 g/mol. The standard InChI is InChI=1S/C27H33N7O4/c1-14-10-29-25(30-17-9-18(35)13-34(12-17)26(36)37-27(4,5)6)32-23(14)20-11-28-24-19(20)7-8-21(31-24)22-15(2)33-38-16(22)3/h7-8,10-11,17-18,35H,9,12-13H2,1-6H3,(H,28,31)(H,29,30,32)/t17-,18+/m0/s1. The van der Waals surface area contributed by atoms with Gasteiger partial charge in [0.05, 0.1) is 35.3 Å². The summed E-state index contributed by atoms with van der Waals surface area (Å²) in [6.45, 7) is 11.8. The van der Waals surface area contributed by atoms with E-state index in [0.29, 0.717) is 18.9 Å². The number of β-amino-alcohol motifs (C(OH)–C–C–N with tert-alkyl or cyclic N) is 1. The lowest BCUT2D eigenvalue weighted by Crippen LogP contribution is -2.52. The van der Waals surface area contributed by atoms with Gasteiger partial charge in [-0.3, -0.25) is 0 Å². The Morgan fingerprint density at radius 3 is 2.71 bits per heavy atom. The first-order valence-corrected chi connectivity index (χ1v) is 12.7. The van der Waals surface area contributed by atoms with Crippen LogP contribution in [0.1, 0.15) is 44.2 Å². The van der Waals surface area contributed by atoms with Gasteiger partial charge in [-0.2, -0.15) is 0 Å². The number of piperidine rings is 1. The molecule has 0 saturated carbocycles. The Bertz CT molecular complexity index is 1470. The van der Waals surface area contributed by atoms with Gasteiger partial charge in [-0.25, -0.2) is 19.7 Å². The van der Waals surface area contributed by atoms with Crippen molar-refractivity contribution in [2.24, 2.45) is 0 Å². The first-order valence-electron chi connectivity index (χ1n) is 12.7. The summed E-state index contributed by atoms with van der Waals surface area (Å²) in [5.41, 5.74) is 5.16. The van der Waals surface area contributed by atoms with Crippen LogP contribution in [0.15, 0.2) is 29.0 Å². The molecule has 3 N–H and O–H groups in total. The fraction of sp³-hybridized carbons (Fsp3) is 0.444. The highest BCUT2D eigenvalue weighted by Crippen LogP contribution is 2.32. The summed E-state index contributed by atoms with van der Waals surface area (Å²) in [7, 11) is 0. The monoisotopic (exact) mass is 519 g/mol. The minimum absolute atomic E-state index is 0.228. The average molecular weight is 520 g/mol. The van der Waals surface area contributed by atoms with E-state index >= 15 is 0 Å². The fourth-order valence-electron chi connectivity index (χ4n) is 4.81. The second kappa shape index (κ2) is 9.71. The topological polar surface area (TPSA) is 142 Å². The lowest BCUT2D eigenvalue weighted by atomic mass is 10.0. The number of fused-ring (bicyclic) bond motifs is 1. The number of rotatable bonds is 4. The van der Waals surface area contributed by atoms with Crippen LogP contribution in [-0.2, 0) is 4.74 Å². The van der Waals surface area contributed by atoms with Crippen LogP contribution >= 0.6 is 0 Å². The number of H-pyrrole nitrogens is 1. The number of aromatic nitrogens is 5. The van der Waals surface area contributed by atoms with Crippen molar-refractivity contribution in [3.63, 3.8) is 0 Å². The molecule has 38 heavy (non-hydrogen) atoms. The molecule has 11 heteroatoms. The number of carbonyl (C=O) groups is 1. The molecule has 1 fully saturated rings. The van der Waals surface area contributed by atoms with Crippen molar-refractivity contribution in [3.05, 3.63) is 41.5 Å². The van der Waals surface area contributed by atoms with E-state index in [1.54, 1.807) is 6.20 Å². The zero-order valence-corrected chi connectivity index (χ0v) is 22.5. The number of nitrogens with zero attached hydrogens (tertiary/aromatic N) is 5. The van der Waals surface area contributed by atoms with Gasteiger partial charge >= 0.3 is 6.09 Å². The van der Waals surface area contributed by atoms with Crippen LogP contribution in [0, 0.1) is 20.8 Å². The number of aromatic amines is 1. The van der Waals surface area contributed by atoms with Crippen molar-refractivity contribution in [3.8, 4) is 22.5 Å². The molecule has 1 aliphatic heterocycles. The van der Waals surface area contributed by atoms with E-state index in [4.69, 9.17) is 19.2 Å². The van der Waals surface area contributed by atoms with Crippen LogP contribution in [0.5, 0.6) is 0 Å². The largest absolute Gasteiger partial charge is 0.444 e. The SMILES string of the molecule is Cc1cnc(N[C@H]2C[C@@H](O)CN(C(=O)OC(C)(C)C)C2)nc1-c1c[nH]c2nc(-c3c(C)noc3C)ccc12.